The maximum absolute atomic E-state index is 5.80. The molecule has 2 aromatic rings. The molecule has 0 unspecified atom stereocenters. The summed E-state index contributed by atoms with van der Waals surface area (Å²) in [6, 6.07) is 5.90. The summed E-state index contributed by atoms with van der Waals surface area (Å²) in [6.45, 7) is 2.04. The molecule has 0 spiro atoms. The minimum Gasteiger partial charge on any atom is -0.399 e. The number of hydrogen-bond donors (Lipinski definition) is 1. The minimum absolute atomic E-state index is 0.409. The van der Waals surface area contributed by atoms with E-state index in [0.29, 0.717) is 6.10 Å². The van der Waals surface area contributed by atoms with Crippen molar-refractivity contribution in [2.75, 3.05) is 30.8 Å². The van der Waals surface area contributed by atoms with E-state index in [1.807, 2.05) is 18.2 Å². The van der Waals surface area contributed by atoms with Crippen LogP contribution in [0.5, 0.6) is 0 Å². The predicted molar refractivity (Wildman–Crippen MR) is 76.3 cm³/mol. The molecule has 3 rings (SSSR count). The second-order valence-corrected chi connectivity index (χ2v) is 5.65. The van der Waals surface area contributed by atoms with Crippen LogP contribution >= 0.6 is 11.3 Å². The van der Waals surface area contributed by atoms with E-state index >= 15 is 0 Å². The number of nitrogen functional groups attached to an aromatic ring is 1. The van der Waals surface area contributed by atoms with Crippen molar-refractivity contribution in [1.29, 1.82) is 0 Å². The van der Waals surface area contributed by atoms with Crippen molar-refractivity contribution in [3.8, 4) is 0 Å². The fraction of sp³-hybridized carbons (Fsp3) is 0.462. The van der Waals surface area contributed by atoms with Crippen molar-refractivity contribution in [2.45, 2.75) is 18.9 Å². The molecule has 1 aromatic carbocycles. The van der Waals surface area contributed by atoms with Gasteiger partial charge in [-0.05, 0) is 31.0 Å². The first-order valence-electron chi connectivity index (χ1n) is 6.20. The summed E-state index contributed by atoms with van der Waals surface area (Å²) in [7, 11) is 1.79. The molecular formula is C13H17N3OS. The van der Waals surface area contributed by atoms with Gasteiger partial charge >= 0.3 is 0 Å². The maximum atomic E-state index is 5.80. The molecule has 0 bridgehead atoms. The number of nitrogens with two attached hydrogens (primary N) is 1. The molecule has 1 fully saturated rings. The van der Waals surface area contributed by atoms with Crippen molar-refractivity contribution < 1.29 is 4.74 Å². The normalized spacial score (nSPS) is 17.5. The third kappa shape index (κ3) is 2.15. The SMILES string of the molecule is COC1CCN(c2nc3ccc(N)cc3s2)CC1. The van der Waals surface area contributed by atoms with E-state index in [4.69, 9.17) is 10.5 Å². The van der Waals surface area contributed by atoms with E-state index in [0.717, 1.165) is 42.3 Å². The average Bonchev–Trinajstić information content (AvgIpc) is 2.81. The molecule has 2 heterocycles. The summed E-state index contributed by atoms with van der Waals surface area (Å²) in [5.41, 5.74) is 7.64. The lowest BCUT2D eigenvalue weighted by Crippen LogP contribution is -2.36. The summed E-state index contributed by atoms with van der Waals surface area (Å²) < 4.78 is 6.56. The highest BCUT2D eigenvalue weighted by Crippen LogP contribution is 2.31. The molecule has 1 aliphatic rings. The highest BCUT2D eigenvalue weighted by atomic mass is 32.1. The van der Waals surface area contributed by atoms with Crippen molar-refractivity contribution in [1.82, 2.24) is 4.98 Å². The van der Waals surface area contributed by atoms with Crippen LogP contribution in [0.1, 0.15) is 12.8 Å². The Morgan fingerprint density at radius 1 is 1.39 bits per heavy atom. The largest absolute Gasteiger partial charge is 0.399 e. The molecule has 1 aromatic heterocycles. The van der Waals surface area contributed by atoms with Crippen molar-refractivity contribution in [3.05, 3.63) is 18.2 Å². The average molecular weight is 263 g/mol. The first-order valence-corrected chi connectivity index (χ1v) is 7.02. The van der Waals surface area contributed by atoms with E-state index in [9.17, 15) is 0 Å². The second-order valence-electron chi connectivity index (χ2n) is 4.65. The van der Waals surface area contributed by atoms with Gasteiger partial charge in [0.1, 0.15) is 0 Å². The number of anilines is 2. The highest BCUT2D eigenvalue weighted by molar-refractivity contribution is 7.22. The number of fused-ring (bicyclic) bond motifs is 1. The molecule has 96 valence electrons. The number of ether oxygens (including phenoxy) is 1. The van der Waals surface area contributed by atoms with Crippen LogP contribution in [0.25, 0.3) is 10.2 Å². The van der Waals surface area contributed by atoms with Gasteiger partial charge in [0.05, 0.1) is 16.3 Å². The van der Waals surface area contributed by atoms with Gasteiger partial charge in [0, 0.05) is 25.9 Å². The molecule has 1 aliphatic heterocycles. The fourth-order valence-electron chi connectivity index (χ4n) is 2.35. The summed E-state index contributed by atoms with van der Waals surface area (Å²) in [5.74, 6) is 0. The minimum atomic E-state index is 0.409. The Labute approximate surface area is 110 Å². The van der Waals surface area contributed by atoms with Gasteiger partial charge < -0.3 is 15.4 Å². The van der Waals surface area contributed by atoms with Gasteiger partial charge in [-0.2, -0.15) is 0 Å². The van der Waals surface area contributed by atoms with E-state index in [1.165, 1.54) is 4.70 Å². The van der Waals surface area contributed by atoms with Gasteiger partial charge in [0.2, 0.25) is 0 Å². The number of hydrogen-bond acceptors (Lipinski definition) is 5. The third-order valence-electron chi connectivity index (χ3n) is 3.45. The standard InChI is InChI=1S/C13H17N3OS/c1-17-10-4-6-16(7-5-10)13-15-11-3-2-9(14)8-12(11)18-13/h2-3,8,10H,4-7,14H2,1H3. The van der Waals surface area contributed by atoms with E-state index < -0.39 is 0 Å². The molecule has 1 saturated heterocycles. The second kappa shape index (κ2) is 4.74. The van der Waals surface area contributed by atoms with Crippen LogP contribution in [0, 0.1) is 0 Å². The third-order valence-corrected chi connectivity index (χ3v) is 4.53. The Morgan fingerprint density at radius 2 is 2.17 bits per heavy atom. The highest BCUT2D eigenvalue weighted by Gasteiger charge is 2.21. The molecule has 0 aliphatic carbocycles. The summed E-state index contributed by atoms with van der Waals surface area (Å²) in [6.07, 6.45) is 2.56. The number of rotatable bonds is 2. The van der Waals surface area contributed by atoms with Gasteiger partial charge in [0.15, 0.2) is 5.13 Å². The van der Waals surface area contributed by atoms with Crippen molar-refractivity contribution in [2.24, 2.45) is 0 Å². The Balaban J connectivity index is 1.82. The van der Waals surface area contributed by atoms with E-state index in [1.54, 1.807) is 18.4 Å². The summed E-state index contributed by atoms with van der Waals surface area (Å²) >= 11 is 1.72. The summed E-state index contributed by atoms with van der Waals surface area (Å²) in [5, 5.41) is 1.10. The number of methoxy groups -OCH3 is 1. The lowest BCUT2D eigenvalue weighted by Gasteiger charge is -2.30. The first-order chi connectivity index (χ1) is 8.76. The number of nitrogens with zero attached hydrogens (tertiary/aromatic N) is 2. The quantitative estimate of drug-likeness (QED) is 0.846. The molecule has 0 atom stereocenters. The van der Waals surface area contributed by atoms with E-state index in [-0.39, 0.29) is 0 Å². The monoisotopic (exact) mass is 263 g/mol. The topological polar surface area (TPSA) is 51.4 Å². The smallest absolute Gasteiger partial charge is 0.186 e. The van der Waals surface area contributed by atoms with Crippen LogP contribution in [0.15, 0.2) is 18.2 Å². The molecular weight excluding hydrogens is 246 g/mol. The van der Waals surface area contributed by atoms with Crippen molar-refractivity contribution >= 4 is 32.4 Å². The Morgan fingerprint density at radius 3 is 2.89 bits per heavy atom. The number of thiazole rings is 1. The van der Waals surface area contributed by atoms with Crippen LogP contribution in [-0.4, -0.2) is 31.3 Å². The molecule has 4 nitrogen and oxygen atoms in total. The first kappa shape index (κ1) is 11.7. The molecule has 2 N–H and O–H groups in total. The van der Waals surface area contributed by atoms with Crippen molar-refractivity contribution in [3.63, 3.8) is 0 Å². The van der Waals surface area contributed by atoms with Gasteiger partial charge in [0.25, 0.3) is 0 Å². The van der Waals surface area contributed by atoms with Crippen LogP contribution in [0.2, 0.25) is 0 Å². The molecule has 18 heavy (non-hydrogen) atoms. The Bertz CT molecular complexity index is 546. The number of aromatic nitrogens is 1. The zero-order valence-corrected chi connectivity index (χ0v) is 11.2. The van der Waals surface area contributed by atoms with Gasteiger partial charge in [-0.25, -0.2) is 4.98 Å². The number of benzene rings is 1. The fourth-order valence-corrected chi connectivity index (χ4v) is 3.41. The Kier molecular flexibility index (Phi) is 3.09. The maximum Gasteiger partial charge on any atom is 0.186 e. The van der Waals surface area contributed by atoms with E-state index in [2.05, 4.69) is 9.88 Å². The molecule has 0 amide bonds. The molecule has 0 saturated carbocycles. The number of piperidine rings is 1. The van der Waals surface area contributed by atoms with Crippen LogP contribution in [0.4, 0.5) is 10.8 Å². The van der Waals surface area contributed by atoms with Gasteiger partial charge in [-0.3, -0.25) is 0 Å². The van der Waals surface area contributed by atoms with Crippen LogP contribution in [-0.2, 0) is 4.74 Å². The zero-order valence-electron chi connectivity index (χ0n) is 10.4. The predicted octanol–water partition coefficient (Wildman–Crippen LogP) is 2.49. The van der Waals surface area contributed by atoms with Gasteiger partial charge in [-0.1, -0.05) is 11.3 Å². The Hall–Kier alpha value is -1.33. The lowest BCUT2D eigenvalue weighted by molar-refractivity contribution is 0.0819. The summed E-state index contributed by atoms with van der Waals surface area (Å²) in [4.78, 5) is 7.02. The zero-order chi connectivity index (χ0) is 12.5. The van der Waals surface area contributed by atoms with Gasteiger partial charge in [-0.15, -0.1) is 0 Å². The van der Waals surface area contributed by atoms with Crippen LogP contribution < -0.4 is 10.6 Å². The lowest BCUT2D eigenvalue weighted by atomic mass is 10.1. The van der Waals surface area contributed by atoms with Crippen LogP contribution in [0.3, 0.4) is 0 Å². The molecule has 0 radical (unpaired) electrons. The molecule has 5 heteroatoms.